The van der Waals surface area contributed by atoms with E-state index in [9.17, 15) is 31.4 Å². The van der Waals surface area contributed by atoms with Crippen molar-refractivity contribution in [2.75, 3.05) is 69.0 Å². The first-order valence-electron chi connectivity index (χ1n) is 15.0. The topological polar surface area (TPSA) is 89.0 Å². The van der Waals surface area contributed by atoms with Crippen LogP contribution < -0.4 is 20.3 Å². The summed E-state index contributed by atoms with van der Waals surface area (Å²) in [6, 6.07) is 8.11. The summed E-state index contributed by atoms with van der Waals surface area (Å²) in [4.78, 5) is 15.8. The van der Waals surface area contributed by atoms with E-state index in [-0.39, 0.29) is 16.2 Å². The molecule has 256 valence electrons. The lowest BCUT2D eigenvalue weighted by Crippen LogP contribution is -2.54. The summed E-state index contributed by atoms with van der Waals surface area (Å²) in [5.74, 6) is 0.351. The van der Waals surface area contributed by atoms with Gasteiger partial charge in [-0.1, -0.05) is 18.2 Å². The minimum atomic E-state index is -6.06. The Bertz CT molecular complexity index is 1540. The number of halogens is 7. The molecule has 2 aromatic carbocycles. The quantitative estimate of drug-likeness (QED) is 0.223. The molecule has 3 aromatic rings. The predicted octanol–water partition coefficient (Wildman–Crippen LogP) is 6.57. The highest BCUT2D eigenvalue weighted by atomic mass is 79.9. The van der Waals surface area contributed by atoms with Gasteiger partial charge in [0.1, 0.15) is 11.6 Å². The van der Waals surface area contributed by atoms with Crippen molar-refractivity contribution < 1.29 is 36.2 Å². The van der Waals surface area contributed by atoms with Crippen LogP contribution in [0.25, 0.3) is 0 Å². The van der Waals surface area contributed by atoms with Crippen LogP contribution in [0.5, 0.6) is 5.75 Å². The van der Waals surface area contributed by atoms with Gasteiger partial charge in [-0.2, -0.15) is 31.3 Å². The third kappa shape index (κ3) is 7.25. The summed E-state index contributed by atoms with van der Waals surface area (Å²) < 4.78 is 87.9. The molecular weight excluding hydrogens is 696 g/mol. The number of piperazine rings is 1. The van der Waals surface area contributed by atoms with Crippen LogP contribution in [0.2, 0.25) is 0 Å². The summed E-state index contributed by atoms with van der Waals surface area (Å²) >= 11 is 3.20. The first kappa shape index (κ1) is 35.0. The average molecular weight is 733 g/mol. The van der Waals surface area contributed by atoms with Gasteiger partial charge in [-0.15, -0.1) is 0 Å². The zero-order chi connectivity index (χ0) is 34.1. The monoisotopic (exact) mass is 731 g/mol. The van der Waals surface area contributed by atoms with E-state index >= 15 is 0 Å². The molecule has 3 N–H and O–H groups in total. The number of nitrogens with one attached hydrogen (secondary N) is 2. The number of anilines is 5. The third-order valence-corrected chi connectivity index (χ3v) is 9.34. The van der Waals surface area contributed by atoms with Gasteiger partial charge in [-0.3, -0.25) is 4.90 Å². The van der Waals surface area contributed by atoms with Gasteiger partial charge in [0, 0.05) is 74.5 Å². The van der Waals surface area contributed by atoms with Gasteiger partial charge in [0.2, 0.25) is 5.95 Å². The number of methoxy groups -OCH3 is 1. The van der Waals surface area contributed by atoms with E-state index in [4.69, 9.17) is 4.74 Å². The molecule has 5 rings (SSSR count). The molecule has 3 heterocycles. The lowest BCUT2D eigenvalue weighted by molar-refractivity contribution is -0.376. The van der Waals surface area contributed by atoms with E-state index < -0.39 is 29.2 Å². The molecule has 2 aliphatic heterocycles. The van der Waals surface area contributed by atoms with Crippen LogP contribution in [0.15, 0.2) is 47.1 Å². The molecule has 0 atom stereocenters. The van der Waals surface area contributed by atoms with E-state index in [1.807, 2.05) is 19.1 Å². The Morgan fingerprint density at radius 3 is 2.17 bits per heavy atom. The Labute approximate surface area is 277 Å². The van der Waals surface area contributed by atoms with E-state index in [0.29, 0.717) is 23.5 Å². The molecule has 9 nitrogen and oxygen atoms in total. The normalized spacial score (nSPS) is 17.6. The lowest BCUT2D eigenvalue weighted by atomic mass is 9.90. The number of piperidine rings is 1. The smallest absolute Gasteiger partial charge is 0.430 e. The van der Waals surface area contributed by atoms with Crippen LogP contribution >= 0.6 is 15.9 Å². The molecule has 0 unspecified atom stereocenters. The van der Waals surface area contributed by atoms with Crippen LogP contribution in [-0.4, -0.2) is 96.7 Å². The fourth-order valence-corrected chi connectivity index (χ4v) is 6.37. The molecular formula is C31H36BrF6N7O2. The molecule has 16 heteroatoms. The summed E-state index contributed by atoms with van der Waals surface area (Å²) in [5.41, 5.74) is -4.70. The highest BCUT2D eigenvalue weighted by Crippen LogP contribution is 2.52. The van der Waals surface area contributed by atoms with E-state index in [2.05, 4.69) is 58.3 Å². The number of hydrogen-bond donors (Lipinski definition) is 3. The van der Waals surface area contributed by atoms with E-state index in [1.165, 1.54) is 19.4 Å². The number of aromatic nitrogens is 2. The second-order valence-electron chi connectivity index (χ2n) is 11.8. The summed E-state index contributed by atoms with van der Waals surface area (Å²) in [6.45, 7) is 8.10. The Morgan fingerprint density at radius 1 is 0.915 bits per heavy atom. The number of rotatable bonds is 8. The number of alkyl halides is 6. The molecule has 0 bridgehead atoms. The summed E-state index contributed by atoms with van der Waals surface area (Å²) in [6.07, 6.45) is -8.71. The second kappa shape index (κ2) is 13.6. The zero-order valence-corrected chi connectivity index (χ0v) is 27.6. The van der Waals surface area contributed by atoms with Crippen LogP contribution in [0.4, 0.5) is 55.2 Å². The van der Waals surface area contributed by atoms with Crippen LogP contribution in [0.1, 0.15) is 24.0 Å². The first-order chi connectivity index (χ1) is 22.1. The van der Waals surface area contributed by atoms with Crippen LogP contribution in [-0.2, 0) is 5.60 Å². The summed E-state index contributed by atoms with van der Waals surface area (Å²) in [5, 5.41) is 15.6. The molecule has 2 fully saturated rings. The molecule has 0 radical (unpaired) electrons. The molecule has 47 heavy (non-hydrogen) atoms. The van der Waals surface area contributed by atoms with Gasteiger partial charge in [-0.25, -0.2) is 4.98 Å². The SMILES string of the molecule is COc1cc(N2CCC(N3CCN(C)CC3)CC2)c(C)cc1Nc1ncc(Br)c(Nc2ccccc2C(O)(C(F)(F)F)C(F)(F)F)n1. The minimum Gasteiger partial charge on any atom is -0.494 e. The molecule has 2 saturated heterocycles. The van der Waals surface area contributed by atoms with E-state index in [0.717, 1.165) is 75.5 Å². The van der Waals surface area contributed by atoms with Crippen molar-refractivity contribution in [1.82, 2.24) is 19.8 Å². The number of ether oxygens (including phenoxy) is 1. The molecule has 0 aliphatic carbocycles. The summed E-state index contributed by atoms with van der Waals surface area (Å²) in [7, 11) is 3.67. The van der Waals surface area contributed by atoms with Crippen molar-refractivity contribution in [2.24, 2.45) is 0 Å². The van der Waals surface area contributed by atoms with Crippen molar-refractivity contribution in [2.45, 2.75) is 43.8 Å². The fraction of sp³-hybridized carbons (Fsp3) is 0.484. The molecule has 0 saturated carbocycles. The Morgan fingerprint density at radius 2 is 1.55 bits per heavy atom. The predicted molar refractivity (Wildman–Crippen MR) is 171 cm³/mol. The van der Waals surface area contributed by atoms with Gasteiger partial charge < -0.3 is 30.3 Å². The molecule has 2 aliphatic rings. The number of benzene rings is 2. The highest BCUT2D eigenvalue weighted by molar-refractivity contribution is 9.10. The van der Waals surface area contributed by atoms with Crippen molar-refractivity contribution in [3.63, 3.8) is 0 Å². The maximum Gasteiger partial charge on any atom is 0.430 e. The largest absolute Gasteiger partial charge is 0.494 e. The number of nitrogens with zero attached hydrogens (tertiary/aromatic N) is 5. The van der Waals surface area contributed by atoms with E-state index in [1.54, 1.807) is 0 Å². The Hall–Kier alpha value is -3.34. The first-order valence-corrected chi connectivity index (χ1v) is 15.8. The Kier molecular flexibility index (Phi) is 10.2. The Balaban J connectivity index is 1.35. The maximum atomic E-state index is 13.7. The average Bonchev–Trinajstić information content (AvgIpc) is 3.02. The van der Waals surface area contributed by atoms with Gasteiger partial charge in [0.05, 0.1) is 17.3 Å². The molecule has 0 spiro atoms. The number of aryl methyl sites for hydroxylation is 1. The molecule has 1 aromatic heterocycles. The number of hydrogen-bond acceptors (Lipinski definition) is 9. The fourth-order valence-electron chi connectivity index (χ4n) is 6.08. The zero-order valence-electron chi connectivity index (χ0n) is 26.0. The number of aliphatic hydroxyl groups is 1. The second-order valence-corrected chi connectivity index (χ2v) is 12.6. The minimum absolute atomic E-state index is 0.00599. The number of para-hydroxylation sites is 1. The van der Waals surface area contributed by atoms with Crippen molar-refractivity contribution in [3.8, 4) is 5.75 Å². The van der Waals surface area contributed by atoms with Crippen molar-refractivity contribution >= 4 is 44.8 Å². The van der Waals surface area contributed by atoms with Crippen molar-refractivity contribution in [1.29, 1.82) is 0 Å². The lowest BCUT2D eigenvalue weighted by Gasteiger charge is -2.43. The van der Waals surface area contributed by atoms with Gasteiger partial charge in [0.15, 0.2) is 0 Å². The van der Waals surface area contributed by atoms with Gasteiger partial charge >= 0.3 is 12.4 Å². The van der Waals surface area contributed by atoms with Crippen LogP contribution in [0, 0.1) is 6.92 Å². The van der Waals surface area contributed by atoms with Gasteiger partial charge in [-0.05, 0) is 60.4 Å². The third-order valence-electron chi connectivity index (χ3n) is 8.76. The number of likely N-dealkylation sites (N-methyl/N-ethyl adjacent to an activating group) is 1. The maximum absolute atomic E-state index is 13.7. The van der Waals surface area contributed by atoms with Crippen LogP contribution in [0.3, 0.4) is 0 Å². The van der Waals surface area contributed by atoms with Crippen molar-refractivity contribution in [3.05, 3.63) is 58.2 Å². The molecule has 0 amide bonds. The highest BCUT2D eigenvalue weighted by Gasteiger charge is 2.72. The van der Waals surface area contributed by atoms with Gasteiger partial charge in [0.25, 0.3) is 5.60 Å². The standard InChI is InChI=1S/C31H36BrF6N7O2/c1-19-16-24(26(47-3)17-25(19)45-10-8-20(9-11-45)44-14-12-43(2)13-15-44)41-28-39-18-22(32)27(42-28)40-23-7-5-4-6-21(23)29(46,30(33,34)35)31(36,37)38/h4-7,16-18,20,46H,8-15H2,1-3H3,(H2,39,40,41,42).